The predicted octanol–water partition coefficient (Wildman–Crippen LogP) is 2.42. The van der Waals surface area contributed by atoms with Gasteiger partial charge in [-0.25, -0.2) is 4.79 Å². The van der Waals surface area contributed by atoms with Gasteiger partial charge in [0.25, 0.3) is 0 Å². The molecule has 1 aliphatic rings. The number of nitrogens with zero attached hydrogens (tertiary/aromatic N) is 1. The van der Waals surface area contributed by atoms with E-state index < -0.39 is 11.4 Å². The fraction of sp³-hybridized carbons (Fsp3) is 0.857. The Bertz CT molecular complexity index is 338. The molecule has 1 atom stereocenters. The first-order chi connectivity index (χ1) is 9.49. The van der Waals surface area contributed by atoms with Crippen molar-refractivity contribution in [2.75, 3.05) is 31.6 Å². The second-order valence-corrected chi connectivity index (χ2v) is 6.66. The molecule has 6 heteroatoms. The molecule has 0 aromatic rings. The van der Waals surface area contributed by atoms with Crippen LogP contribution >= 0.6 is 11.8 Å². The van der Waals surface area contributed by atoms with Crippen molar-refractivity contribution in [3.05, 3.63) is 0 Å². The summed E-state index contributed by atoms with van der Waals surface area (Å²) >= 11 is 1.86. The molecule has 1 fully saturated rings. The molecule has 116 valence electrons. The van der Waals surface area contributed by atoms with Crippen LogP contribution in [0.2, 0.25) is 0 Å². The van der Waals surface area contributed by atoms with Gasteiger partial charge in [-0.3, -0.25) is 4.79 Å². The molecule has 1 saturated heterocycles. The van der Waals surface area contributed by atoms with Crippen molar-refractivity contribution in [1.82, 2.24) is 10.2 Å². The van der Waals surface area contributed by atoms with Gasteiger partial charge in [-0.2, -0.15) is 11.8 Å². The largest absolute Gasteiger partial charge is 0.481 e. The Hall–Kier alpha value is -0.910. The van der Waals surface area contributed by atoms with Crippen LogP contribution in [0.15, 0.2) is 0 Å². The van der Waals surface area contributed by atoms with E-state index in [4.69, 9.17) is 5.11 Å². The van der Waals surface area contributed by atoms with Gasteiger partial charge < -0.3 is 15.3 Å². The highest BCUT2D eigenvalue weighted by Gasteiger charge is 2.41. The number of hydrogen-bond acceptors (Lipinski definition) is 3. The lowest BCUT2D eigenvalue weighted by Crippen LogP contribution is -2.41. The molecule has 2 amide bonds. The number of amides is 2. The molecule has 0 saturated carbocycles. The number of thioether (sulfide) groups is 1. The Morgan fingerprint density at radius 1 is 1.30 bits per heavy atom. The van der Waals surface area contributed by atoms with Gasteiger partial charge in [0.15, 0.2) is 0 Å². The summed E-state index contributed by atoms with van der Waals surface area (Å²) in [5, 5.41) is 12.0. The van der Waals surface area contributed by atoms with Gasteiger partial charge >= 0.3 is 12.0 Å². The van der Waals surface area contributed by atoms with E-state index in [0.29, 0.717) is 26.1 Å². The number of unbranched alkanes of at least 4 members (excludes halogenated alkanes) is 3. The van der Waals surface area contributed by atoms with Crippen LogP contribution in [-0.2, 0) is 4.79 Å². The summed E-state index contributed by atoms with van der Waals surface area (Å²) in [4.78, 5) is 24.6. The average molecular weight is 302 g/mol. The van der Waals surface area contributed by atoms with Gasteiger partial charge in [0.05, 0.1) is 5.41 Å². The van der Waals surface area contributed by atoms with Crippen molar-refractivity contribution < 1.29 is 14.7 Å². The molecule has 0 aliphatic carbocycles. The van der Waals surface area contributed by atoms with E-state index in [1.165, 1.54) is 18.6 Å². The van der Waals surface area contributed by atoms with E-state index in [-0.39, 0.29) is 6.03 Å². The lowest BCUT2D eigenvalue weighted by atomic mass is 9.90. The summed E-state index contributed by atoms with van der Waals surface area (Å²) < 4.78 is 0. The van der Waals surface area contributed by atoms with Crippen molar-refractivity contribution in [3.63, 3.8) is 0 Å². The maximum absolute atomic E-state index is 11.9. The fourth-order valence-corrected chi connectivity index (χ4v) is 2.83. The van der Waals surface area contributed by atoms with Crippen molar-refractivity contribution in [1.29, 1.82) is 0 Å². The number of aliphatic carboxylic acids is 1. The number of rotatable bonds is 8. The van der Waals surface area contributed by atoms with Gasteiger partial charge in [-0.15, -0.1) is 0 Å². The molecule has 1 unspecified atom stereocenters. The Labute approximate surface area is 125 Å². The highest BCUT2D eigenvalue weighted by molar-refractivity contribution is 7.98. The van der Waals surface area contributed by atoms with E-state index in [1.54, 1.807) is 11.8 Å². The van der Waals surface area contributed by atoms with Gasteiger partial charge in [0.2, 0.25) is 0 Å². The molecule has 0 aromatic carbocycles. The third kappa shape index (κ3) is 5.23. The summed E-state index contributed by atoms with van der Waals surface area (Å²) in [6.07, 6.45) is 7.21. The third-order valence-corrected chi connectivity index (χ3v) is 4.53. The molecular formula is C14H26N2O3S. The van der Waals surface area contributed by atoms with Crippen LogP contribution in [-0.4, -0.2) is 53.6 Å². The molecule has 1 aliphatic heterocycles. The highest BCUT2D eigenvalue weighted by atomic mass is 32.2. The monoisotopic (exact) mass is 302 g/mol. The lowest BCUT2D eigenvalue weighted by Gasteiger charge is -2.20. The first kappa shape index (κ1) is 17.1. The number of likely N-dealkylation sites (tertiary alicyclic amines) is 1. The van der Waals surface area contributed by atoms with E-state index >= 15 is 0 Å². The van der Waals surface area contributed by atoms with Gasteiger partial charge in [-0.1, -0.05) is 12.8 Å². The fourth-order valence-electron chi connectivity index (χ4n) is 2.34. The van der Waals surface area contributed by atoms with Crippen LogP contribution in [0, 0.1) is 5.41 Å². The number of nitrogens with one attached hydrogen (secondary N) is 1. The summed E-state index contributed by atoms with van der Waals surface area (Å²) in [5.74, 6) is 0.384. The molecule has 0 bridgehead atoms. The number of carbonyl (C=O) groups excluding carboxylic acids is 1. The second-order valence-electron chi connectivity index (χ2n) is 5.68. The smallest absolute Gasteiger partial charge is 0.317 e. The number of urea groups is 1. The minimum Gasteiger partial charge on any atom is -0.481 e. The number of carbonyl (C=O) groups is 2. The first-order valence-electron chi connectivity index (χ1n) is 7.25. The summed E-state index contributed by atoms with van der Waals surface area (Å²) in [6, 6.07) is -0.126. The van der Waals surface area contributed by atoms with Crippen molar-refractivity contribution in [3.8, 4) is 0 Å². The summed E-state index contributed by atoms with van der Waals surface area (Å²) in [5.41, 5.74) is -0.783. The minimum absolute atomic E-state index is 0.126. The molecule has 1 heterocycles. The topological polar surface area (TPSA) is 69.6 Å². The van der Waals surface area contributed by atoms with Crippen LogP contribution < -0.4 is 5.32 Å². The standard InChI is InChI=1S/C14H26N2O3S/c1-14(12(17)18)7-9-16(11-14)13(19)15-8-5-3-4-6-10-20-2/h3-11H2,1-2H3,(H,15,19)(H,17,18). The Balaban J connectivity index is 2.13. The van der Waals surface area contributed by atoms with Crippen LogP contribution in [0.1, 0.15) is 39.0 Å². The molecule has 0 spiro atoms. The Morgan fingerprint density at radius 2 is 2.00 bits per heavy atom. The highest BCUT2D eigenvalue weighted by Crippen LogP contribution is 2.29. The molecule has 0 aromatic heterocycles. The van der Waals surface area contributed by atoms with E-state index in [2.05, 4.69) is 11.6 Å². The van der Waals surface area contributed by atoms with Gasteiger partial charge in [0.1, 0.15) is 0 Å². The quantitative estimate of drug-likeness (QED) is 0.676. The first-order valence-corrected chi connectivity index (χ1v) is 8.64. The zero-order valence-electron chi connectivity index (χ0n) is 12.5. The number of carboxylic acids is 1. The molecule has 5 nitrogen and oxygen atoms in total. The van der Waals surface area contributed by atoms with Gasteiger partial charge in [0, 0.05) is 19.6 Å². The minimum atomic E-state index is -0.818. The normalized spacial score (nSPS) is 22.0. The number of hydrogen-bond donors (Lipinski definition) is 2. The van der Waals surface area contributed by atoms with Crippen molar-refractivity contribution in [2.24, 2.45) is 5.41 Å². The Kier molecular flexibility index (Phi) is 7.19. The summed E-state index contributed by atoms with van der Waals surface area (Å²) in [6.45, 7) is 3.22. The Morgan fingerprint density at radius 3 is 2.60 bits per heavy atom. The average Bonchev–Trinajstić information content (AvgIpc) is 2.82. The van der Waals surface area contributed by atoms with Crippen LogP contribution in [0.3, 0.4) is 0 Å². The predicted molar refractivity (Wildman–Crippen MR) is 82.2 cm³/mol. The number of carboxylic acid groups (broad SMARTS) is 1. The second kappa shape index (κ2) is 8.39. The van der Waals surface area contributed by atoms with Crippen molar-refractivity contribution >= 4 is 23.8 Å². The van der Waals surface area contributed by atoms with Crippen LogP contribution in [0.25, 0.3) is 0 Å². The van der Waals surface area contributed by atoms with E-state index in [9.17, 15) is 9.59 Å². The molecular weight excluding hydrogens is 276 g/mol. The lowest BCUT2D eigenvalue weighted by molar-refractivity contribution is -0.146. The molecule has 20 heavy (non-hydrogen) atoms. The summed E-state index contributed by atoms with van der Waals surface area (Å²) in [7, 11) is 0. The molecule has 1 rings (SSSR count). The zero-order chi connectivity index (χ0) is 15.0. The zero-order valence-corrected chi connectivity index (χ0v) is 13.3. The maximum Gasteiger partial charge on any atom is 0.317 e. The molecule has 0 radical (unpaired) electrons. The SMILES string of the molecule is CSCCCCCCNC(=O)N1CCC(C)(C(=O)O)C1. The van der Waals surface area contributed by atoms with E-state index in [0.717, 1.165) is 12.8 Å². The van der Waals surface area contributed by atoms with Crippen molar-refractivity contribution in [2.45, 2.75) is 39.0 Å². The van der Waals surface area contributed by atoms with Crippen LogP contribution in [0.5, 0.6) is 0 Å². The maximum atomic E-state index is 11.9. The molecule has 2 N–H and O–H groups in total. The van der Waals surface area contributed by atoms with Gasteiger partial charge in [-0.05, 0) is 38.2 Å². The third-order valence-electron chi connectivity index (χ3n) is 3.83. The van der Waals surface area contributed by atoms with E-state index in [1.807, 2.05) is 11.8 Å². The van der Waals surface area contributed by atoms with Crippen LogP contribution in [0.4, 0.5) is 4.79 Å².